The van der Waals surface area contributed by atoms with E-state index in [9.17, 15) is 0 Å². The second-order valence-corrected chi connectivity index (χ2v) is 6.00. The van der Waals surface area contributed by atoms with Gasteiger partial charge in [0.05, 0.1) is 18.4 Å². The number of rotatable bonds is 5. The van der Waals surface area contributed by atoms with E-state index in [4.69, 9.17) is 0 Å². The van der Waals surface area contributed by atoms with Gasteiger partial charge in [-0.3, -0.25) is 4.99 Å². The first-order valence-corrected chi connectivity index (χ1v) is 8.28. The van der Waals surface area contributed by atoms with E-state index >= 15 is 0 Å². The summed E-state index contributed by atoms with van der Waals surface area (Å²) in [4.78, 5) is 6.48. The fourth-order valence-corrected chi connectivity index (χ4v) is 2.72. The summed E-state index contributed by atoms with van der Waals surface area (Å²) in [5.41, 5.74) is 3.40. The number of nitrogens with one attached hydrogen (secondary N) is 1. The molecule has 0 saturated carbocycles. The Bertz CT molecular complexity index is 837. The molecule has 1 aromatic carbocycles. The summed E-state index contributed by atoms with van der Waals surface area (Å²) in [6.45, 7) is 1.48. The minimum atomic E-state index is 0. The predicted molar refractivity (Wildman–Crippen MR) is 116 cm³/mol. The van der Waals surface area contributed by atoms with Crippen molar-refractivity contribution in [3.8, 4) is 5.69 Å². The van der Waals surface area contributed by atoms with Gasteiger partial charge in [-0.15, -0.1) is 24.0 Å². The summed E-state index contributed by atoms with van der Waals surface area (Å²) >= 11 is 0. The average molecular weight is 464 g/mol. The Balaban J connectivity index is 0.00000243. The fourth-order valence-electron chi connectivity index (χ4n) is 2.72. The number of aromatic nitrogens is 3. The number of aryl methyl sites for hydroxylation is 1. The molecule has 3 rings (SSSR count). The topological polar surface area (TPSA) is 50.4 Å². The fraction of sp³-hybridized carbons (Fsp3) is 0.263. The molecule has 26 heavy (non-hydrogen) atoms. The lowest BCUT2D eigenvalue weighted by atomic mass is 10.3. The van der Waals surface area contributed by atoms with Gasteiger partial charge in [-0.05, 0) is 24.3 Å². The average Bonchev–Trinajstić information content (AvgIpc) is 3.26. The third-order valence-electron chi connectivity index (χ3n) is 4.13. The standard InChI is InChI=1S/C19H24N6.HI/c1-20-19(24(3)15-18-10-7-11-23(18)2)21-12-16-13-22-25(14-16)17-8-5-4-6-9-17;/h4-11,13-14H,12,15H2,1-3H3,(H,20,21);1H. The summed E-state index contributed by atoms with van der Waals surface area (Å²) in [7, 11) is 5.89. The van der Waals surface area contributed by atoms with Crippen molar-refractivity contribution in [2.24, 2.45) is 12.0 Å². The first kappa shape index (κ1) is 20.0. The highest BCUT2D eigenvalue weighted by Gasteiger charge is 2.09. The van der Waals surface area contributed by atoms with Gasteiger partial charge >= 0.3 is 0 Å². The molecule has 6 nitrogen and oxygen atoms in total. The maximum absolute atomic E-state index is 4.43. The number of nitrogens with zero attached hydrogens (tertiary/aromatic N) is 5. The normalized spacial score (nSPS) is 11.1. The van der Waals surface area contributed by atoms with Crippen LogP contribution >= 0.6 is 24.0 Å². The van der Waals surface area contributed by atoms with E-state index in [1.807, 2.05) is 54.5 Å². The van der Waals surface area contributed by atoms with Crippen LogP contribution in [0.1, 0.15) is 11.3 Å². The SMILES string of the molecule is CN=C(NCc1cnn(-c2ccccc2)c1)N(C)Cc1cccn1C.I. The summed E-state index contributed by atoms with van der Waals surface area (Å²) in [6.07, 6.45) is 5.97. The molecule has 2 heterocycles. The van der Waals surface area contributed by atoms with Gasteiger partial charge in [-0.25, -0.2) is 4.68 Å². The summed E-state index contributed by atoms with van der Waals surface area (Å²) in [5, 5.41) is 7.82. The molecule has 0 spiro atoms. The molecule has 0 radical (unpaired) electrons. The lowest BCUT2D eigenvalue weighted by Crippen LogP contribution is -2.38. The first-order chi connectivity index (χ1) is 12.2. The maximum Gasteiger partial charge on any atom is 0.194 e. The van der Waals surface area contributed by atoms with Crippen LogP contribution in [0.2, 0.25) is 0 Å². The Morgan fingerprint density at radius 3 is 2.62 bits per heavy atom. The Labute approximate surface area is 171 Å². The third kappa shape index (κ3) is 4.87. The van der Waals surface area contributed by atoms with Gasteiger partial charge in [0.2, 0.25) is 0 Å². The van der Waals surface area contributed by atoms with Crippen LogP contribution in [-0.2, 0) is 20.1 Å². The van der Waals surface area contributed by atoms with Crippen LogP contribution in [0.4, 0.5) is 0 Å². The second-order valence-electron chi connectivity index (χ2n) is 6.00. The molecule has 3 aromatic rings. The molecule has 2 aromatic heterocycles. The highest BCUT2D eigenvalue weighted by Crippen LogP contribution is 2.08. The van der Waals surface area contributed by atoms with Crippen molar-refractivity contribution in [1.82, 2.24) is 24.6 Å². The largest absolute Gasteiger partial charge is 0.353 e. The van der Waals surface area contributed by atoms with Gasteiger partial charge in [0, 0.05) is 51.3 Å². The van der Waals surface area contributed by atoms with E-state index in [2.05, 4.69) is 50.3 Å². The van der Waals surface area contributed by atoms with Crippen LogP contribution in [-0.4, -0.2) is 39.3 Å². The summed E-state index contributed by atoms with van der Waals surface area (Å²) in [5.74, 6) is 0.855. The van der Waals surface area contributed by atoms with Gasteiger partial charge < -0.3 is 14.8 Å². The predicted octanol–water partition coefficient (Wildman–Crippen LogP) is 3.04. The molecule has 0 saturated heterocycles. The van der Waals surface area contributed by atoms with Crippen molar-refractivity contribution >= 4 is 29.9 Å². The van der Waals surface area contributed by atoms with E-state index in [1.165, 1.54) is 5.69 Å². The van der Waals surface area contributed by atoms with E-state index in [0.29, 0.717) is 6.54 Å². The maximum atomic E-state index is 4.43. The van der Waals surface area contributed by atoms with Gasteiger partial charge in [-0.2, -0.15) is 5.10 Å². The number of aliphatic imine (C=N–C) groups is 1. The van der Waals surface area contributed by atoms with Gasteiger partial charge in [-0.1, -0.05) is 18.2 Å². The van der Waals surface area contributed by atoms with Gasteiger partial charge in [0.1, 0.15) is 0 Å². The molecular formula is C19H25IN6. The van der Waals surface area contributed by atoms with E-state index < -0.39 is 0 Å². The van der Waals surface area contributed by atoms with Gasteiger partial charge in [0.25, 0.3) is 0 Å². The van der Waals surface area contributed by atoms with E-state index in [1.54, 1.807) is 7.05 Å². The quantitative estimate of drug-likeness (QED) is 0.359. The second kappa shape index (κ2) is 9.42. The Morgan fingerprint density at radius 1 is 1.19 bits per heavy atom. The highest BCUT2D eigenvalue weighted by molar-refractivity contribution is 14.0. The van der Waals surface area contributed by atoms with Gasteiger partial charge in [0.15, 0.2) is 5.96 Å². The first-order valence-electron chi connectivity index (χ1n) is 8.28. The van der Waals surface area contributed by atoms with Crippen LogP contribution in [0.25, 0.3) is 5.69 Å². The van der Waals surface area contributed by atoms with Crippen molar-refractivity contribution in [3.63, 3.8) is 0 Å². The number of hydrogen-bond acceptors (Lipinski definition) is 2. The van der Waals surface area contributed by atoms with Crippen molar-refractivity contribution in [2.75, 3.05) is 14.1 Å². The molecule has 1 N–H and O–H groups in total. The van der Waals surface area contributed by atoms with Crippen LogP contribution in [0.15, 0.2) is 66.0 Å². The van der Waals surface area contributed by atoms with Crippen LogP contribution < -0.4 is 5.32 Å². The van der Waals surface area contributed by atoms with Crippen molar-refractivity contribution in [1.29, 1.82) is 0 Å². The van der Waals surface area contributed by atoms with E-state index in [-0.39, 0.29) is 24.0 Å². The van der Waals surface area contributed by atoms with Crippen molar-refractivity contribution < 1.29 is 0 Å². The molecule has 138 valence electrons. The number of guanidine groups is 1. The number of para-hydroxylation sites is 1. The molecule has 0 atom stereocenters. The smallest absolute Gasteiger partial charge is 0.194 e. The zero-order chi connectivity index (χ0) is 17.6. The van der Waals surface area contributed by atoms with Crippen molar-refractivity contribution in [2.45, 2.75) is 13.1 Å². The Hall–Kier alpha value is -2.29. The molecule has 0 aliphatic carbocycles. The number of halogens is 1. The summed E-state index contributed by atoms with van der Waals surface area (Å²) < 4.78 is 4.00. The molecule has 0 fully saturated rings. The molecule has 0 amide bonds. The third-order valence-corrected chi connectivity index (χ3v) is 4.13. The minimum absolute atomic E-state index is 0. The Morgan fingerprint density at radius 2 is 1.96 bits per heavy atom. The zero-order valence-electron chi connectivity index (χ0n) is 15.3. The van der Waals surface area contributed by atoms with Crippen LogP contribution in [0.5, 0.6) is 0 Å². The monoisotopic (exact) mass is 464 g/mol. The number of hydrogen-bond donors (Lipinski definition) is 1. The van der Waals surface area contributed by atoms with Crippen LogP contribution in [0.3, 0.4) is 0 Å². The lowest BCUT2D eigenvalue weighted by Gasteiger charge is -2.22. The number of benzene rings is 1. The highest BCUT2D eigenvalue weighted by atomic mass is 127. The van der Waals surface area contributed by atoms with Crippen LogP contribution in [0, 0.1) is 0 Å². The molecule has 0 unspecified atom stereocenters. The molecular weight excluding hydrogens is 439 g/mol. The molecule has 0 bridgehead atoms. The lowest BCUT2D eigenvalue weighted by molar-refractivity contribution is 0.461. The van der Waals surface area contributed by atoms with Crippen molar-refractivity contribution in [3.05, 3.63) is 72.3 Å². The molecule has 0 aliphatic rings. The molecule has 0 aliphatic heterocycles. The Kier molecular flexibility index (Phi) is 7.26. The molecule has 7 heteroatoms. The minimum Gasteiger partial charge on any atom is -0.353 e. The summed E-state index contributed by atoms with van der Waals surface area (Å²) in [6, 6.07) is 14.3. The van der Waals surface area contributed by atoms with E-state index in [0.717, 1.165) is 23.8 Å². The zero-order valence-corrected chi connectivity index (χ0v) is 17.7.